The Kier molecular flexibility index (Phi) is 8.17. The molecule has 0 radical (unpaired) electrons. The van der Waals surface area contributed by atoms with E-state index in [1.165, 1.54) is 0 Å². The van der Waals surface area contributed by atoms with E-state index >= 15 is 0 Å². The van der Waals surface area contributed by atoms with Crippen molar-refractivity contribution in [1.29, 1.82) is 0 Å². The number of nitrogens with two attached hydrogens (primary N) is 1. The molecule has 1 aromatic rings. The number of anilines is 2. The number of pyridine rings is 1. The Hall–Kier alpha value is -0.960. The molecule has 0 aromatic carbocycles. The summed E-state index contributed by atoms with van der Waals surface area (Å²) in [7, 11) is 0. The molecule has 24 heavy (non-hydrogen) atoms. The topological polar surface area (TPSA) is 89.3 Å². The molecule has 0 saturated heterocycles. The summed E-state index contributed by atoms with van der Waals surface area (Å²) in [5.74, 6) is 0. The van der Waals surface area contributed by atoms with Crippen LogP contribution in [0.15, 0.2) is 12.3 Å². The van der Waals surface area contributed by atoms with Crippen molar-refractivity contribution < 1.29 is 29.5 Å². The van der Waals surface area contributed by atoms with Crippen LogP contribution in [0.25, 0.3) is 0 Å². The van der Waals surface area contributed by atoms with Gasteiger partial charge in [0, 0.05) is 0 Å². The summed E-state index contributed by atoms with van der Waals surface area (Å²) < 4.78 is 6.34. The number of hydrogen-bond donors (Lipinski definition) is 3. The molecular weight excluding hydrogens is 443 g/mol. The van der Waals surface area contributed by atoms with Gasteiger partial charge in [-0.3, -0.25) is 0 Å². The fraction of sp³-hybridized carbons (Fsp3) is 0.625. The molecular formula is C16H25ClIN4O2-. The van der Waals surface area contributed by atoms with E-state index in [1.54, 1.807) is 12.3 Å². The van der Waals surface area contributed by atoms with Gasteiger partial charge in [-0.15, -0.1) is 0 Å². The molecule has 0 atom stereocenters. The molecule has 1 amide bonds. The van der Waals surface area contributed by atoms with Crippen LogP contribution in [0.5, 0.6) is 0 Å². The van der Waals surface area contributed by atoms with Gasteiger partial charge in [0.05, 0.1) is 0 Å². The first-order chi connectivity index (χ1) is 11.6. The minimum absolute atomic E-state index is 0.198. The molecule has 1 aliphatic rings. The third-order valence-corrected chi connectivity index (χ3v) is 6.12. The molecule has 2 rings (SSSR count). The average Bonchev–Trinajstić information content (AvgIpc) is 2.57. The Balaban J connectivity index is 1.69. The van der Waals surface area contributed by atoms with Crippen molar-refractivity contribution in [3.63, 3.8) is 0 Å². The number of hydrogen-bond acceptors (Lipinski definition) is 5. The predicted octanol–water partition coefficient (Wildman–Crippen LogP) is 0.571. The number of carbonyl (C=O) groups is 1. The Bertz CT molecular complexity index is 539. The van der Waals surface area contributed by atoms with Crippen LogP contribution in [0.2, 0.25) is 5.15 Å². The molecule has 0 aliphatic heterocycles. The van der Waals surface area contributed by atoms with E-state index in [0.29, 0.717) is 16.9 Å². The van der Waals surface area contributed by atoms with E-state index in [9.17, 15) is 4.79 Å². The van der Waals surface area contributed by atoms with Crippen molar-refractivity contribution in [3.8, 4) is 0 Å². The van der Waals surface area contributed by atoms with E-state index < -0.39 is 21.6 Å². The summed E-state index contributed by atoms with van der Waals surface area (Å²) in [6.45, 7) is 2.14. The number of rotatable bonds is 7. The Morgan fingerprint density at radius 1 is 1.42 bits per heavy atom. The fourth-order valence-electron chi connectivity index (χ4n) is 2.63. The van der Waals surface area contributed by atoms with Gasteiger partial charge in [-0.25, -0.2) is 0 Å². The molecule has 1 aliphatic carbocycles. The second-order valence-electron chi connectivity index (χ2n) is 5.95. The summed E-state index contributed by atoms with van der Waals surface area (Å²) in [6, 6.07) is 2.28. The van der Waals surface area contributed by atoms with Crippen molar-refractivity contribution in [2.45, 2.75) is 57.5 Å². The van der Waals surface area contributed by atoms with E-state index in [-0.39, 0.29) is 12.1 Å². The van der Waals surface area contributed by atoms with Gasteiger partial charge < -0.3 is 0 Å². The number of halogens is 2. The second-order valence-corrected chi connectivity index (χ2v) is 8.48. The third-order valence-electron chi connectivity index (χ3n) is 4.00. The zero-order valence-corrected chi connectivity index (χ0v) is 16.8. The first-order valence-electron chi connectivity index (χ1n) is 8.32. The van der Waals surface area contributed by atoms with Crippen molar-refractivity contribution in [2.75, 3.05) is 15.5 Å². The van der Waals surface area contributed by atoms with Crippen molar-refractivity contribution in [3.05, 3.63) is 17.4 Å². The van der Waals surface area contributed by atoms with Crippen molar-refractivity contribution in [2.24, 2.45) is 0 Å². The van der Waals surface area contributed by atoms with Gasteiger partial charge in [-0.2, -0.15) is 0 Å². The quantitative estimate of drug-likeness (QED) is 0.236. The molecule has 0 bridgehead atoms. The van der Waals surface area contributed by atoms with Gasteiger partial charge >= 0.3 is 159 Å². The standard InChI is InChI=1S/C16H25ClIN4O2/c1-2-3-8-18-24-16(23)22-12-6-4-11(5-7-12)21-14-9-15(17)20-10-13(14)19/h9-12H,2-8,19H2,1H3,(H,20,21)(H,22,23)/q-1. The zero-order chi connectivity index (χ0) is 17.4. The summed E-state index contributed by atoms with van der Waals surface area (Å²) in [5, 5.41) is 6.83. The monoisotopic (exact) mass is 467 g/mol. The van der Waals surface area contributed by atoms with Crippen molar-refractivity contribution >= 4 is 29.1 Å². The predicted molar refractivity (Wildman–Crippen MR) is 92.7 cm³/mol. The Morgan fingerprint density at radius 3 is 2.83 bits per heavy atom. The number of nitrogens with one attached hydrogen (secondary N) is 2. The summed E-state index contributed by atoms with van der Waals surface area (Å²) in [5.41, 5.74) is 7.34. The van der Waals surface area contributed by atoms with Crippen LogP contribution < -0.4 is 38.0 Å². The first kappa shape index (κ1) is 19.4. The van der Waals surface area contributed by atoms with Crippen LogP contribution in [-0.4, -0.2) is 27.6 Å². The van der Waals surface area contributed by atoms with E-state index in [2.05, 4.69) is 22.5 Å². The Morgan fingerprint density at radius 2 is 2.12 bits per heavy atom. The SMILES string of the molecule is CCCC[I-]OC(=O)NC1CCC(Nc2cc(Cl)ncc2N)CC1. The van der Waals surface area contributed by atoms with Gasteiger partial charge in [0.15, 0.2) is 0 Å². The van der Waals surface area contributed by atoms with Crippen LogP contribution in [0.4, 0.5) is 16.2 Å². The molecule has 1 aromatic heterocycles. The third kappa shape index (κ3) is 6.51. The Labute approximate surface area is 159 Å². The number of nitrogen functional groups attached to an aromatic ring is 1. The van der Waals surface area contributed by atoms with Gasteiger partial charge in [-0.1, -0.05) is 0 Å². The molecule has 0 unspecified atom stereocenters. The van der Waals surface area contributed by atoms with Crippen LogP contribution in [0, 0.1) is 0 Å². The molecule has 8 heteroatoms. The van der Waals surface area contributed by atoms with Crippen LogP contribution in [0.3, 0.4) is 0 Å². The summed E-state index contributed by atoms with van der Waals surface area (Å²) >= 11 is 5.45. The van der Waals surface area contributed by atoms with Crippen LogP contribution in [-0.2, 0) is 3.07 Å². The minimum atomic E-state index is -0.458. The molecule has 1 fully saturated rings. The maximum absolute atomic E-state index is 11.8. The average molecular weight is 468 g/mol. The van der Waals surface area contributed by atoms with Gasteiger partial charge in [-0.05, 0) is 0 Å². The van der Waals surface area contributed by atoms with Gasteiger partial charge in [0.2, 0.25) is 0 Å². The number of carbonyl (C=O) groups excluding carboxylic acids is 1. The van der Waals surface area contributed by atoms with Gasteiger partial charge in [0.25, 0.3) is 0 Å². The maximum atomic E-state index is 11.8. The molecule has 136 valence electrons. The van der Waals surface area contributed by atoms with Crippen molar-refractivity contribution in [1.82, 2.24) is 10.3 Å². The number of amides is 1. The normalized spacial score (nSPS) is 20.6. The number of aromatic nitrogens is 1. The van der Waals surface area contributed by atoms with E-state index in [0.717, 1.165) is 48.6 Å². The first-order valence-corrected chi connectivity index (χ1v) is 11.1. The summed E-state index contributed by atoms with van der Waals surface area (Å²) in [6.07, 6.45) is 7.40. The number of nitrogens with zero attached hydrogens (tertiary/aromatic N) is 1. The molecule has 1 saturated carbocycles. The fourth-order valence-corrected chi connectivity index (χ4v) is 4.49. The zero-order valence-electron chi connectivity index (χ0n) is 13.9. The van der Waals surface area contributed by atoms with E-state index in [1.807, 2.05) is 0 Å². The second kappa shape index (κ2) is 10.1. The van der Waals surface area contributed by atoms with Gasteiger partial charge in [0.1, 0.15) is 0 Å². The molecule has 1 heterocycles. The number of alkyl halides is 1. The molecule has 6 nitrogen and oxygen atoms in total. The summed E-state index contributed by atoms with van der Waals surface area (Å²) in [4.78, 5) is 15.7. The molecule has 0 spiro atoms. The molecule has 4 N–H and O–H groups in total. The van der Waals surface area contributed by atoms with E-state index in [4.69, 9.17) is 20.4 Å². The van der Waals surface area contributed by atoms with Crippen LogP contribution in [0.1, 0.15) is 45.4 Å². The number of unbranched alkanes of at least 4 members (excludes halogenated alkanes) is 1. The van der Waals surface area contributed by atoms with Crippen LogP contribution >= 0.6 is 11.6 Å².